The lowest BCUT2D eigenvalue weighted by Crippen LogP contribution is -2.20. The van der Waals surface area contributed by atoms with Crippen LogP contribution in [0.2, 0.25) is 0 Å². The molecule has 0 unspecified atom stereocenters. The van der Waals surface area contributed by atoms with Crippen LogP contribution in [0.4, 0.5) is 0 Å². The van der Waals surface area contributed by atoms with Crippen LogP contribution < -0.4 is 5.32 Å². The number of aromatic nitrogens is 2. The Balaban J connectivity index is 1.70. The second-order valence-electron chi connectivity index (χ2n) is 3.45. The Morgan fingerprint density at radius 2 is 2.40 bits per heavy atom. The van der Waals surface area contributed by atoms with Gasteiger partial charge in [0.2, 0.25) is 0 Å². The quantitative estimate of drug-likeness (QED) is 0.783. The van der Waals surface area contributed by atoms with E-state index in [2.05, 4.69) is 34.9 Å². The summed E-state index contributed by atoms with van der Waals surface area (Å²) in [6, 6.07) is 6.26. The smallest absolute Gasteiger partial charge is 0.0537 e. The minimum absolute atomic E-state index is 0.935. The van der Waals surface area contributed by atoms with Gasteiger partial charge in [-0.1, -0.05) is 6.07 Å². The first-order valence-corrected chi connectivity index (χ1v) is 5.96. The molecule has 0 saturated heterocycles. The highest BCUT2D eigenvalue weighted by Gasteiger charge is 1.96. The maximum Gasteiger partial charge on any atom is 0.0537 e. The predicted octanol–water partition coefficient (Wildman–Crippen LogP) is 2.04. The fraction of sp³-hybridized carbons (Fsp3) is 0.364. The summed E-state index contributed by atoms with van der Waals surface area (Å²) < 4.78 is 2.02. The van der Waals surface area contributed by atoms with Crippen molar-refractivity contribution < 1.29 is 0 Å². The van der Waals surface area contributed by atoms with Crippen molar-refractivity contribution in [2.75, 3.05) is 6.54 Å². The molecule has 0 aliphatic carbocycles. The van der Waals surface area contributed by atoms with Crippen molar-refractivity contribution in [2.45, 2.75) is 20.0 Å². The van der Waals surface area contributed by atoms with Crippen molar-refractivity contribution in [3.63, 3.8) is 0 Å². The van der Waals surface area contributed by atoms with Gasteiger partial charge in [0.15, 0.2) is 0 Å². The average Bonchev–Trinajstić information content (AvgIpc) is 2.85. The summed E-state index contributed by atoms with van der Waals surface area (Å²) in [5.74, 6) is 0. The Hall–Kier alpha value is -1.13. The summed E-state index contributed by atoms with van der Waals surface area (Å²) in [5.41, 5.74) is 1.22. The zero-order chi connectivity index (χ0) is 10.5. The fourth-order valence-electron chi connectivity index (χ4n) is 1.44. The SMILES string of the molecule is Cc1ccnn1CCNCc1cccs1. The van der Waals surface area contributed by atoms with Gasteiger partial charge in [-0.2, -0.15) is 5.10 Å². The zero-order valence-electron chi connectivity index (χ0n) is 8.81. The molecule has 0 amide bonds. The van der Waals surface area contributed by atoms with E-state index < -0.39 is 0 Å². The Bertz CT molecular complexity index is 392. The standard InChI is InChI=1S/C11H15N3S/c1-10-4-5-13-14(10)7-6-12-9-11-3-2-8-15-11/h2-5,8,12H,6-7,9H2,1H3. The van der Waals surface area contributed by atoms with Crippen molar-refractivity contribution in [1.82, 2.24) is 15.1 Å². The van der Waals surface area contributed by atoms with Gasteiger partial charge >= 0.3 is 0 Å². The van der Waals surface area contributed by atoms with Gasteiger partial charge in [0.1, 0.15) is 0 Å². The third kappa shape index (κ3) is 2.91. The van der Waals surface area contributed by atoms with E-state index >= 15 is 0 Å². The number of nitrogens with one attached hydrogen (secondary N) is 1. The lowest BCUT2D eigenvalue weighted by molar-refractivity contribution is 0.546. The molecule has 0 atom stereocenters. The highest BCUT2D eigenvalue weighted by molar-refractivity contribution is 7.09. The summed E-state index contributed by atoms with van der Waals surface area (Å²) in [6.07, 6.45) is 1.84. The largest absolute Gasteiger partial charge is 0.310 e. The molecule has 3 nitrogen and oxygen atoms in total. The number of thiophene rings is 1. The summed E-state index contributed by atoms with van der Waals surface area (Å²) in [5, 5.41) is 9.74. The molecule has 15 heavy (non-hydrogen) atoms. The minimum atomic E-state index is 0.935. The number of hydrogen-bond acceptors (Lipinski definition) is 3. The Morgan fingerprint density at radius 3 is 3.07 bits per heavy atom. The maximum absolute atomic E-state index is 4.23. The van der Waals surface area contributed by atoms with E-state index in [1.807, 2.05) is 16.9 Å². The van der Waals surface area contributed by atoms with Crippen LogP contribution in [-0.4, -0.2) is 16.3 Å². The zero-order valence-corrected chi connectivity index (χ0v) is 9.63. The molecular weight excluding hydrogens is 206 g/mol. The molecule has 0 aromatic carbocycles. The molecule has 1 N–H and O–H groups in total. The molecule has 2 rings (SSSR count). The molecule has 2 aromatic rings. The Kier molecular flexibility index (Phi) is 3.53. The van der Waals surface area contributed by atoms with Crippen LogP contribution in [0, 0.1) is 6.92 Å². The maximum atomic E-state index is 4.23. The summed E-state index contributed by atoms with van der Waals surface area (Å²) >= 11 is 1.79. The van der Waals surface area contributed by atoms with Gasteiger partial charge in [-0.3, -0.25) is 4.68 Å². The van der Waals surface area contributed by atoms with E-state index in [0.29, 0.717) is 0 Å². The topological polar surface area (TPSA) is 29.9 Å². The number of nitrogens with zero attached hydrogens (tertiary/aromatic N) is 2. The van der Waals surface area contributed by atoms with Crippen LogP contribution >= 0.6 is 11.3 Å². The number of rotatable bonds is 5. The van der Waals surface area contributed by atoms with Crippen LogP contribution in [0.15, 0.2) is 29.8 Å². The first-order chi connectivity index (χ1) is 7.36. The molecular formula is C11H15N3S. The lowest BCUT2D eigenvalue weighted by Gasteiger charge is -2.05. The Labute approximate surface area is 93.7 Å². The van der Waals surface area contributed by atoms with Crippen molar-refractivity contribution >= 4 is 11.3 Å². The molecule has 0 radical (unpaired) electrons. The number of hydrogen-bond donors (Lipinski definition) is 1. The van der Waals surface area contributed by atoms with Gasteiger partial charge in [-0.25, -0.2) is 0 Å². The first kappa shape index (κ1) is 10.4. The summed E-state index contributed by atoms with van der Waals surface area (Å²) in [7, 11) is 0. The second-order valence-corrected chi connectivity index (χ2v) is 4.48. The fourth-order valence-corrected chi connectivity index (χ4v) is 2.12. The van der Waals surface area contributed by atoms with Crippen LogP contribution in [-0.2, 0) is 13.1 Å². The van der Waals surface area contributed by atoms with E-state index in [-0.39, 0.29) is 0 Å². The average molecular weight is 221 g/mol. The van der Waals surface area contributed by atoms with E-state index in [1.54, 1.807) is 11.3 Å². The van der Waals surface area contributed by atoms with Gasteiger partial charge in [-0.05, 0) is 24.4 Å². The first-order valence-electron chi connectivity index (χ1n) is 5.08. The summed E-state index contributed by atoms with van der Waals surface area (Å²) in [4.78, 5) is 1.38. The molecule has 4 heteroatoms. The predicted molar refractivity (Wildman–Crippen MR) is 63.0 cm³/mol. The highest BCUT2D eigenvalue weighted by Crippen LogP contribution is 2.07. The van der Waals surface area contributed by atoms with E-state index in [0.717, 1.165) is 19.6 Å². The molecule has 0 aliphatic rings. The normalized spacial score (nSPS) is 10.7. The van der Waals surface area contributed by atoms with E-state index in [9.17, 15) is 0 Å². The molecule has 0 spiro atoms. The van der Waals surface area contributed by atoms with E-state index in [4.69, 9.17) is 0 Å². The third-order valence-corrected chi connectivity index (χ3v) is 3.19. The summed E-state index contributed by atoms with van der Waals surface area (Å²) in [6.45, 7) is 4.93. The van der Waals surface area contributed by atoms with Gasteiger partial charge in [0.05, 0.1) is 6.54 Å². The van der Waals surface area contributed by atoms with E-state index in [1.165, 1.54) is 10.6 Å². The monoisotopic (exact) mass is 221 g/mol. The van der Waals surface area contributed by atoms with Crippen molar-refractivity contribution in [2.24, 2.45) is 0 Å². The van der Waals surface area contributed by atoms with Gasteiger partial charge < -0.3 is 5.32 Å². The Morgan fingerprint density at radius 1 is 1.47 bits per heavy atom. The van der Waals surface area contributed by atoms with Crippen molar-refractivity contribution in [3.8, 4) is 0 Å². The molecule has 2 aromatic heterocycles. The lowest BCUT2D eigenvalue weighted by atomic mass is 10.4. The van der Waals surface area contributed by atoms with Crippen molar-refractivity contribution in [3.05, 3.63) is 40.3 Å². The molecule has 0 bridgehead atoms. The highest BCUT2D eigenvalue weighted by atomic mass is 32.1. The molecule has 0 saturated carbocycles. The van der Waals surface area contributed by atoms with Crippen LogP contribution in [0.25, 0.3) is 0 Å². The molecule has 2 heterocycles. The van der Waals surface area contributed by atoms with Gasteiger partial charge in [0, 0.05) is 29.9 Å². The van der Waals surface area contributed by atoms with Crippen LogP contribution in [0.1, 0.15) is 10.6 Å². The molecule has 0 aliphatic heterocycles. The molecule has 80 valence electrons. The van der Waals surface area contributed by atoms with Gasteiger partial charge in [0.25, 0.3) is 0 Å². The third-order valence-electron chi connectivity index (χ3n) is 2.31. The van der Waals surface area contributed by atoms with Crippen LogP contribution in [0.3, 0.4) is 0 Å². The van der Waals surface area contributed by atoms with Crippen LogP contribution in [0.5, 0.6) is 0 Å². The van der Waals surface area contributed by atoms with Gasteiger partial charge in [-0.15, -0.1) is 11.3 Å². The van der Waals surface area contributed by atoms with Crippen molar-refractivity contribution in [1.29, 1.82) is 0 Å². The second kappa shape index (κ2) is 5.09. The minimum Gasteiger partial charge on any atom is -0.310 e. The molecule has 0 fully saturated rings. The number of aryl methyl sites for hydroxylation is 1.